The van der Waals surface area contributed by atoms with Crippen LogP contribution in [-0.4, -0.2) is 82.1 Å². The molecule has 2 saturated heterocycles. The van der Waals surface area contributed by atoms with Crippen LogP contribution in [0.25, 0.3) is 0 Å². The van der Waals surface area contributed by atoms with Gasteiger partial charge in [-0.15, -0.1) is 0 Å². The number of nitrogens with one attached hydrogen (secondary N) is 1. The van der Waals surface area contributed by atoms with Crippen molar-refractivity contribution in [1.29, 1.82) is 0 Å². The third kappa shape index (κ3) is 5.31. The van der Waals surface area contributed by atoms with Gasteiger partial charge in [-0.1, -0.05) is 36.8 Å². The number of pyridine rings is 1. The molecule has 8 nitrogen and oxygen atoms in total. The summed E-state index contributed by atoms with van der Waals surface area (Å²) in [5.74, 6) is 1.26. The molecule has 2 aliphatic heterocycles. The van der Waals surface area contributed by atoms with E-state index in [-0.39, 0.29) is 27.8 Å². The zero-order valence-electron chi connectivity index (χ0n) is 26.4. The van der Waals surface area contributed by atoms with Crippen molar-refractivity contribution in [2.45, 2.75) is 59.8 Å². The van der Waals surface area contributed by atoms with Crippen LogP contribution in [0.5, 0.6) is 0 Å². The first-order chi connectivity index (χ1) is 21.7. The zero-order chi connectivity index (χ0) is 31.2. The maximum atomic E-state index is 12.9. The van der Waals surface area contributed by atoms with Crippen LogP contribution >= 0.6 is 0 Å². The molecule has 0 radical (unpaired) electrons. The average molecular weight is 628 g/mol. The molecule has 1 aromatic heterocycles. The molecule has 3 heterocycles. The number of nitrogens with zero attached hydrogens (tertiary/aromatic N) is 4. The Balaban J connectivity index is 0.956. The number of likely N-dealkylation sites (tertiary alicyclic amines) is 1. The van der Waals surface area contributed by atoms with E-state index in [0.717, 1.165) is 44.8 Å². The number of amides is 2. The first-order valence-electron chi connectivity index (χ1n) is 16.5. The van der Waals surface area contributed by atoms with E-state index in [2.05, 4.69) is 50.4 Å². The smallest absolute Gasteiger partial charge is 0.317 e. The van der Waals surface area contributed by atoms with E-state index >= 15 is 0 Å². The van der Waals surface area contributed by atoms with Crippen molar-refractivity contribution in [1.82, 2.24) is 20.1 Å². The lowest BCUT2D eigenvalue weighted by Gasteiger charge is -2.45. The van der Waals surface area contributed by atoms with Crippen LogP contribution in [0.2, 0.25) is 0 Å². The molecule has 1 spiro atoms. The van der Waals surface area contributed by atoms with Gasteiger partial charge in [0.2, 0.25) is 9.84 Å². The number of carbonyl (C=O) groups excluding carboxylic acids is 1. The van der Waals surface area contributed by atoms with Gasteiger partial charge in [0.1, 0.15) is 0 Å². The molecular weight excluding hydrogens is 582 g/mol. The second kappa shape index (κ2) is 11.7. The number of anilines is 1. The predicted octanol–water partition coefficient (Wildman–Crippen LogP) is 5.21. The molecule has 2 unspecified atom stereocenters. The second-order valence-electron chi connectivity index (χ2n) is 14.0. The van der Waals surface area contributed by atoms with E-state index in [1.165, 1.54) is 62.2 Å². The highest BCUT2D eigenvalue weighted by atomic mass is 32.2. The van der Waals surface area contributed by atoms with E-state index in [9.17, 15) is 13.2 Å². The fourth-order valence-corrected chi connectivity index (χ4v) is 10.3. The fraction of sp³-hybridized carbons (Fsp3) is 0.500. The summed E-state index contributed by atoms with van der Waals surface area (Å²) in [4.78, 5) is 23.9. The van der Waals surface area contributed by atoms with Gasteiger partial charge in [-0.25, -0.2) is 13.2 Å². The topological polar surface area (TPSA) is 85.9 Å². The molecule has 2 saturated carbocycles. The molecule has 7 rings (SSSR count). The summed E-state index contributed by atoms with van der Waals surface area (Å²) in [5, 5.41) is 3.42. The summed E-state index contributed by atoms with van der Waals surface area (Å²) < 4.78 is 25.9. The van der Waals surface area contributed by atoms with Crippen molar-refractivity contribution in [3.8, 4) is 0 Å². The summed E-state index contributed by atoms with van der Waals surface area (Å²) in [6.07, 6.45) is 10.1. The van der Waals surface area contributed by atoms with E-state index < -0.39 is 9.84 Å². The van der Waals surface area contributed by atoms with Crippen LogP contribution in [0.1, 0.15) is 44.1 Å². The lowest BCUT2D eigenvalue weighted by atomic mass is 9.70. The Hall–Kier alpha value is -3.43. The first-order valence-corrected chi connectivity index (χ1v) is 18.0. The summed E-state index contributed by atoms with van der Waals surface area (Å²) in [6.45, 7) is 5.37. The number of piperidine rings is 1. The van der Waals surface area contributed by atoms with Crippen molar-refractivity contribution >= 4 is 21.6 Å². The number of hydrogen-bond acceptors (Lipinski definition) is 6. The monoisotopic (exact) mass is 627 g/mol. The van der Waals surface area contributed by atoms with Gasteiger partial charge in [0.05, 0.1) is 9.79 Å². The molecule has 2 aromatic carbocycles. The van der Waals surface area contributed by atoms with Crippen molar-refractivity contribution in [3.05, 3.63) is 84.7 Å². The number of benzene rings is 2. The van der Waals surface area contributed by atoms with Crippen molar-refractivity contribution in [2.24, 2.45) is 17.3 Å². The number of sulfone groups is 1. The van der Waals surface area contributed by atoms with Crippen LogP contribution < -0.4 is 10.2 Å². The molecule has 1 N–H and O–H groups in total. The van der Waals surface area contributed by atoms with Crippen molar-refractivity contribution in [2.75, 3.05) is 51.7 Å². The van der Waals surface area contributed by atoms with Crippen molar-refractivity contribution in [3.63, 3.8) is 0 Å². The number of carbonyl (C=O) groups is 1. The van der Waals surface area contributed by atoms with E-state index in [1.54, 1.807) is 17.0 Å². The second-order valence-corrected chi connectivity index (χ2v) is 15.9. The number of hydrogen-bond donors (Lipinski definition) is 1. The van der Waals surface area contributed by atoms with Gasteiger partial charge in [0.25, 0.3) is 0 Å². The third-order valence-corrected chi connectivity index (χ3v) is 13.1. The number of rotatable bonds is 8. The van der Waals surface area contributed by atoms with Crippen LogP contribution in [0.4, 0.5) is 10.5 Å². The van der Waals surface area contributed by atoms with E-state index in [0.29, 0.717) is 16.7 Å². The van der Waals surface area contributed by atoms with E-state index in [1.807, 2.05) is 26.2 Å². The van der Waals surface area contributed by atoms with Gasteiger partial charge < -0.3 is 20.0 Å². The lowest BCUT2D eigenvalue weighted by Crippen LogP contribution is -2.53. The summed E-state index contributed by atoms with van der Waals surface area (Å²) >= 11 is 0. The lowest BCUT2D eigenvalue weighted by molar-refractivity contribution is 0.119. The molecule has 0 bridgehead atoms. The van der Waals surface area contributed by atoms with Gasteiger partial charge >= 0.3 is 6.03 Å². The zero-order valence-corrected chi connectivity index (χ0v) is 27.3. The van der Waals surface area contributed by atoms with Gasteiger partial charge in [-0.3, -0.25) is 4.98 Å². The molecule has 9 heteroatoms. The van der Waals surface area contributed by atoms with Crippen LogP contribution in [0.15, 0.2) is 88.9 Å². The maximum Gasteiger partial charge on any atom is 0.317 e. The molecule has 2 amide bonds. The molecule has 3 atom stereocenters. The highest BCUT2D eigenvalue weighted by Crippen LogP contribution is 2.76. The average Bonchev–Trinajstić information content (AvgIpc) is 3.57. The first kappa shape index (κ1) is 30.2. The third-order valence-electron chi connectivity index (χ3n) is 11.4. The minimum atomic E-state index is -3.53. The standard InChI is InChI=1S/C36H45N5O3S/c1-39(2)34(42)38-33-9-6-18-35(33)26-36(35,28-7-4-3-5-8-28)29-16-21-40(22-17-29)23-27-24-41(25-27)30-10-12-31(13-11-30)45(43,44)32-14-19-37-20-15-32/h3-5,7-8,10-15,19-20,27,29,33H,6,9,16-18,21-26H2,1-2H3,(H,38,42)/t33-,35?,36?/m0/s1. The molecule has 2 aliphatic carbocycles. The van der Waals surface area contributed by atoms with Crippen LogP contribution in [0.3, 0.4) is 0 Å². The Morgan fingerprint density at radius 3 is 2.27 bits per heavy atom. The molecule has 4 fully saturated rings. The van der Waals surface area contributed by atoms with E-state index in [4.69, 9.17) is 0 Å². The largest absolute Gasteiger partial charge is 0.371 e. The Morgan fingerprint density at radius 1 is 0.933 bits per heavy atom. The number of aromatic nitrogens is 1. The molecule has 45 heavy (non-hydrogen) atoms. The number of urea groups is 1. The highest BCUT2D eigenvalue weighted by Gasteiger charge is 2.74. The van der Waals surface area contributed by atoms with Gasteiger partial charge in [0.15, 0.2) is 0 Å². The minimum absolute atomic E-state index is 0.0328. The normalized spacial score (nSPS) is 27.3. The Morgan fingerprint density at radius 2 is 1.60 bits per heavy atom. The quantitative estimate of drug-likeness (QED) is 0.369. The summed E-state index contributed by atoms with van der Waals surface area (Å²) in [5.41, 5.74) is 2.89. The van der Waals surface area contributed by atoms with Gasteiger partial charge in [-0.2, -0.15) is 0 Å². The molecule has 4 aliphatic rings. The van der Waals surface area contributed by atoms with Gasteiger partial charge in [-0.05, 0) is 93.1 Å². The molecule has 238 valence electrons. The molecule has 3 aromatic rings. The van der Waals surface area contributed by atoms with Crippen LogP contribution in [0, 0.1) is 17.3 Å². The minimum Gasteiger partial charge on any atom is -0.371 e. The Bertz CT molecular complexity index is 1600. The fourth-order valence-electron chi connectivity index (χ4n) is 9.03. The summed E-state index contributed by atoms with van der Waals surface area (Å²) in [6, 6.07) is 21.8. The highest BCUT2D eigenvalue weighted by molar-refractivity contribution is 7.91. The van der Waals surface area contributed by atoms with Crippen molar-refractivity contribution < 1.29 is 13.2 Å². The molecular formula is C36H45N5O3S. The Kier molecular flexibility index (Phi) is 7.89. The van der Waals surface area contributed by atoms with Crippen LogP contribution in [-0.2, 0) is 15.3 Å². The predicted molar refractivity (Wildman–Crippen MR) is 176 cm³/mol. The SMILES string of the molecule is CN(C)C(=O)N[C@H]1CCCC12CC2(c1ccccc1)C1CCN(CC2CN(c3ccc(S(=O)(=O)c4ccncc4)cc3)C2)CC1. The van der Waals surface area contributed by atoms with Gasteiger partial charge in [0, 0.05) is 74.6 Å². The Labute approximate surface area is 267 Å². The summed E-state index contributed by atoms with van der Waals surface area (Å²) in [7, 11) is 0.131. The maximum absolute atomic E-state index is 12.9.